The van der Waals surface area contributed by atoms with Gasteiger partial charge in [0.15, 0.2) is 5.82 Å². The van der Waals surface area contributed by atoms with Crippen LogP contribution in [0.4, 0.5) is 11.6 Å². The monoisotopic (exact) mass is 457 g/mol. The van der Waals surface area contributed by atoms with Crippen molar-refractivity contribution in [2.75, 3.05) is 18.5 Å². The van der Waals surface area contributed by atoms with E-state index < -0.39 is 0 Å². The van der Waals surface area contributed by atoms with Gasteiger partial charge in [0.05, 0.1) is 24.9 Å². The molecule has 0 radical (unpaired) electrons. The van der Waals surface area contributed by atoms with Gasteiger partial charge < -0.3 is 20.1 Å². The Bertz CT molecular complexity index is 1330. The van der Waals surface area contributed by atoms with Crippen molar-refractivity contribution < 1.29 is 9.47 Å². The summed E-state index contributed by atoms with van der Waals surface area (Å²) < 4.78 is 14.1. The molecule has 4 aromatic heterocycles. The molecule has 2 N–H and O–H groups in total. The molecule has 0 aromatic carbocycles. The molecule has 34 heavy (non-hydrogen) atoms. The Morgan fingerprint density at radius 1 is 1.06 bits per heavy atom. The second-order valence-corrected chi connectivity index (χ2v) is 9.06. The van der Waals surface area contributed by atoms with E-state index in [2.05, 4.69) is 48.9 Å². The van der Waals surface area contributed by atoms with E-state index >= 15 is 0 Å². The average Bonchev–Trinajstić information content (AvgIpc) is 3.21. The molecule has 9 heteroatoms. The van der Waals surface area contributed by atoms with Crippen LogP contribution in [0.25, 0.3) is 16.6 Å². The lowest BCUT2D eigenvalue weighted by Gasteiger charge is -2.40. The van der Waals surface area contributed by atoms with Crippen LogP contribution in [0.15, 0.2) is 48.9 Å². The molecule has 2 aliphatic heterocycles. The van der Waals surface area contributed by atoms with Crippen molar-refractivity contribution in [2.24, 2.45) is 0 Å². The number of pyridine rings is 2. The number of ether oxygens (including phenoxy) is 2. The number of aryl methyl sites for hydroxylation is 2. The molecule has 2 aliphatic rings. The molecule has 6 rings (SSSR count). The zero-order chi connectivity index (χ0) is 23.1. The van der Waals surface area contributed by atoms with Gasteiger partial charge in [0.25, 0.3) is 0 Å². The molecule has 9 nitrogen and oxygen atoms in total. The van der Waals surface area contributed by atoms with Crippen molar-refractivity contribution in [3.8, 4) is 16.9 Å². The van der Waals surface area contributed by atoms with E-state index in [4.69, 9.17) is 9.47 Å². The summed E-state index contributed by atoms with van der Waals surface area (Å²) in [5.74, 6) is 2.96. The number of hydrogen-bond acceptors (Lipinski definition) is 8. The fourth-order valence-corrected chi connectivity index (χ4v) is 4.81. The van der Waals surface area contributed by atoms with Crippen LogP contribution in [-0.2, 0) is 4.74 Å². The summed E-state index contributed by atoms with van der Waals surface area (Å²) >= 11 is 0. The van der Waals surface area contributed by atoms with Crippen LogP contribution in [0.3, 0.4) is 0 Å². The topological polar surface area (TPSA) is 98.5 Å². The van der Waals surface area contributed by atoms with E-state index in [1.807, 2.05) is 42.9 Å². The summed E-state index contributed by atoms with van der Waals surface area (Å²) in [7, 11) is 0. The number of nitrogens with one attached hydrogen (secondary N) is 2. The molecule has 2 bridgehead atoms. The predicted molar refractivity (Wildman–Crippen MR) is 128 cm³/mol. The molecule has 6 heterocycles. The van der Waals surface area contributed by atoms with E-state index in [9.17, 15) is 0 Å². The summed E-state index contributed by atoms with van der Waals surface area (Å²) in [4.78, 5) is 13.1. The van der Waals surface area contributed by atoms with Crippen LogP contribution in [0, 0.1) is 13.8 Å². The van der Waals surface area contributed by atoms with Crippen LogP contribution in [0.2, 0.25) is 0 Å². The van der Waals surface area contributed by atoms with Gasteiger partial charge in [-0.3, -0.25) is 4.98 Å². The molecule has 0 amide bonds. The molecule has 3 atom stereocenters. The third kappa shape index (κ3) is 4.32. The van der Waals surface area contributed by atoms with Crippen molar-refractivity contribution in [1.82, 2.24) is 29.9 Å². The van der Waals surface area contributed by atoms with Gasteiger partial charge in [-0.2, -0.15) is 5.10 Å². The molecule has 174 valence electrons. The van der Waals surface area contributed by atoms with E-state index in [1.165, 1.54) is 0 Å². The zero-order valence-electron chi connectivity index (χ0n) is 19.2. The molecule has 0 aliphatic carbocycles. The number of fused-ring (bicyclic) bond motifs is 3. The van der Waals surface area contributed by atoms with E-state index in [-0.39, 0.29) is 6.10 Å². The molecule has 0 unspecified atom stereocenters. The first-order valence-corrected chi connectivity index (χ1v) is 11.6. The average molecular weight is 458 g/mol. The first-order valence-electron chi connectivity index (χ1n) is 11.6. The Kier molecular flexibility index (Phi) is 5.35. The fraction of sp³-hybridized carbons (Fsp3) is 0.360. The largest absolute Gasteiger partial charge is 0.488 e. The summed E-state index contributed by atoms with van der Waals surface area (Å²) in [5, 5.41) is 11.5. The van der Waals surface area contributed by atoms with Crippen LogP contribution in [0.1, 0.15) is 24.4 Å². The fourth-order valence-electron chi connectivity index (χ4n) is 4.81. The van der Waals surface area contributed by atoms with E-state index in [0.29, 0.717) is 23.7 Å². The van der Waals surface area contributed by atoms with Crippen LogP contribution < -0.4 is 15.4 Å². The Morgan fingerprint density at radius 2 is 1.91 bits per heavy atom. The van der Waals surface area contributed by atoms with Crippen LogP contribution in [0.5, 0.6) is 5.75 Å². The third-order valence-corrected chi connectivity index (χ3v) is 6.31. The Balaban J connectivity index is 1.28. The van der Waals surface area contributed by atoms with Gasteiger partial charge in [-0.15, -0.1) is 0 Å². The maximum atomic E-state index is 6.53. The van der Waals surface area contributed by atoms with E-state index in [0.717, 1.165) is 60.0 Å². The van der Waals surface area contributed by atoms with Gasteiger partial charge in [-0.1, -0.05) is 0 Å². The highest BCUT2D eigenvalue weighted by Crippen LogP contribution is 2.34. The highest BCUT2D eigenvalue weighted by molar-refractivity contribution is 5.75. The highest BCUT2D eigenvalue weighted by Gasteiger charge is 2.33. The second kappa shape index (κ2) is 8.66. The van der Waals surface area contributed by atoms with Crippen molar-refractivity contribution in [1.29, 1.82) is 0 Å². The first kappa shape index (κ1) is 21.0. The minimum Gasteiger partial charge on any atom is -0.488 e. The normalized spacial score (nSPS) is 22.0. The Hall–Kier alpha value is -3.56. The minimum absolute atomic E-state index is 0.147. The molecule has 4 aromatic rings. The maximum Gasteiger partial charge on any atom is 0.154 e. The van der Waals surface area contributed by atoms with Crippen molar-refractivity contribution in [2.45, 2.75) is 44.9 Å². The van der Waals surface area contributed by atoms with Gasteiger partial charge in [0.1, 0.15) is 23.5 Å². The smallest absolute Gasteiger partial charge is 0.154 e. The molecule has 0 spiro atoms. The lowest BCUT2D eigenvalue weighted by molar-refractivity contribution is -0.0122. The van der Waals surface area contributed by atoms with Gasteiger partial charge in [0.2, 0.25) is 0 Å². The molecule has 2 saturated heterocycles. The van der Waals surface area contributed by atoms with Crippen LogP contribution in [-0.4, -0.2) is 56.0 Å². The lowest BCUT2D eigenvalue weighted by Crippen LogP contribution is -2.56. The quantitative estimate of drug-likeness (QED) is 0.470. The summed E-state index contributed by atoms with van der Waals surface area (Å²) in [6.45, 7) is 5.36. The highest BCUT2D eigenvalue weighted by atomic mass is 16.5. The maximum absolute atomic E-state index is 6.53. The summed E-state index contributed by atoms with van der Waals surface area (Å²) in [6.07, 6.45) is 7.56. The lowest BCUT2D eigenvalue weighted by atomic mass is 9.94. The molecule has 0 saturated carbocycles. The predicted octanol–water partition coefficient (Wildman–Crippen LogP) is 3.44. The number of piperidine rings is 1. The number of aromatic nitrogens is 5. The molecule has 2 fully saturated rings. The Morgan fingerprint density at radius 3 is 2.74 bits per heavy atom. The number of nitrogens with zero attached hydrogens (tertiary/aromatic N) is 5. The Labute approximate surface area is 197 Å². The van der Waals surface area contributed by atoms with Gasteiger partial charge >= 0.3 is 0 Å². The number of rotatable bonds is 5. The van der Waals surface area contributed by atoms with Crippen molar-refractivity contribution in [3.63, 3.8) is 0 Å². The molecular formula is C25H27N7O2. The SMILES string of the molecule is Cc1cc(-c2ccn3nc(Nc4ccnc(C)n4)cc3c2)c(O[C@H]2C[C@H]3COC[C@@H](C2)N3)cn1. The zero-order valence-corrected chi connectivity index (χ0v) is 19.2. The minimum atomic E-state index is 0.147. The number of hydrogen-bond donors (Lipinski definition) is 2. The van der Waals surface area contributed by atoms with Gasteiger partial charge in [0, 0.05) is 54.6 Å². The second-order valence-electron chi connectivity index (χ2n) is 9.06. The number of anilines is 2. The number of morpholine rings is 1. The summed E-state index contributed by atoms with van der Waals surface area (Å²) in [5.41, 5.74) is 4.03. The van der Waals surface area contributed by atoms with Crippen molar-refractivity contribution >= 4 is 17.2 Å². The third-order valence-electron chi connectivity index (χ3n) is 6.31. The van der Waals surface area contributed by atoms with Gasteiger partial charge in [-0.05, 0) is 43.7 Å². The summed E-state index contributed by atoms with van der Waals surface area (Å²) in [6, 6.07) is 10.8. The standard InChI is InChI=1S/C25H27N7O2/c1-15-7-22(23(12-27-15)34-21-9-18-13-33-14-19(10-21)29-18)17-4-6-32-20(8-17)11-25(31-32)30-24-3-5-26-16(2)28-24/h3-8,11-12,18-19,21,29H,9-10,13-14H2,1-2H3,(H,26,28,30,31)/t18-,19+,21-. The first-order chi connectivity index (χ1) is 16.6. The van der Waals surface area contributed by atoms with E-state index in [1.54, 1.807) is 6.20 Å². The molecular weight excluding hydrogens is 430 g/mol. The van der Waals surface area contributed by atoms with Gasteiger partial charge in [-0.25, -0.2) is 14.5 Å². The van der Waals surface area contributed by atoms with Crippen molar-refractivity contribution in [3.05, 3.63) is 60.4 Å². The van der Waals surface area contributed by atoms with Crippen LogP contribution >= 0.6 is 0 Å².